The Morgan fingerprint density at radius 2 is 2.00 bits per heavy atom. The number of nitrogens with one attached hydrogen (secondary N) is 2. The van der Waals surface area contributed by atoms with Crippen molar-refractivity contribution in [3.8, 4) is 11.3 Å². The van der Waals surface area contributed by atoms with Gasteiger partial charge in [0.1, 0.15) is 5.01 Å². The highest BCUT2D eigenvalue weighted by Gasteiger charge is 2.04. The van der Waals surface area contributed by atoms with Crippen LogP contribution >= 0.6 is 35.3 Å². The topological polar surface area (TPSA) is 49.3 Å². The number of aliphatic imine (C=N–C) groups is 1. The summed E-state index contributed by atoms with van der Waals surface area (Å²) in [4.78, 5) is 8.82. The lowest BCUT2D eigenvalue weighted by molar-refractivity contribution is 0.779. The highest BCUT2D eigenvalue weighted by atomic mass is 127. The van der Waals surface area contributed by atoms with Crippen LogP contribution in [-0.4, -0.2) is 24.5 Å². The van der Waals surface area contributed by atoms with Gasteiger partial charge in [-0.3, -0.25) is 4.99 Å². The highest BCUT2D eigenvalue weighted by molar-refractivity contribution is 14.0. The maximum Gasteiger partial charge on any atom is 0.191 e. The van der Waals surface area contributed by atoms with Gasteiger partial charge in [-0.2, -0.15) is 0 Å². The molecule has 0 radical (unpaired) electrons. The molecule has 2 aromatic rings. The minimum Gasteiger partial charge on any atom is -0.356 e. The van der Waals surface area contributed by atoms with Crippen molar-refractivity contribution in [2.75, 3.05) is 13.6 Å². The van der Waals surface area contributed by atoms with E-state index in [4.69, 9.17) is 0 Å². The van der Waals surface area contributed by atoms with Crippen molar-refractivity contribution in [2.24, 2.45) is 4.99 Å². The molecule has 114 valence electrons. The van der Waals surface area contributed by atoms with Crippen LogP contribution in [-0.2, 0) is 6.54 Å². The van der Waals surface area contributed by atoms with Gasteiger partial charge < -0.3 is 10.6 Å². The van der Waals surface area contributed by atoms with E-state index in [2.05, 4.69) is 45.0 Å². The standard InChI is InChI=1S/C15H20N4S.HI/c1-3-9-17-15(16-2)18-10-14-19-13(11-20-14)12-7-5-4-6-8-12;/h4-8,11H,3,9-10H2,1-2H3,(H2,16,17,18);1H. The minimum absolute atomic E-state index is 0. The van der Waals surface area contributed by atoms with Crippen molar-refractivity contribution in [3.05, 3.63) is 40.7 Å². The Hall–Kier alpha value is -1.15. The van der Waals surface area contributed by atoms with E-state index in [1.54, 1.807) is 18.4 Å². The number of thiazole rings is 1. The average Bonchev–Trinajstić information content (AvgIpc) is 2.97. The monoisotopic (exact) mass is 416 g/mol. The van der Waals surface area contributed by atoms with Crippen LogP contribution < -0.4 is 10.6 Å². The lowest BCUT2D eigenvalue weighted by Gasteiger charge is -2.09. The van der Waals surface area contributed by atoms with Gasteiger partial charge in [0.05, 0.1) is 12.2 Å². The zero-order valence-corrected chi connectivity index (χ0v) is 15.4. The maximum atomic E-state index is 4.64. The fourth-order valence-corrected chi connectivity index (χ4v) is 2.50. The summed E-state index contributed by atoms with van der Waals surface area (Å²) >= 11 is 1.66. The molecule has 0 saturated heterocycles. The first kappa shape index (κ1) is 17.9. The van der Waals surface area contributed by atoms with E-state index in [0.29, 0.717) is 6.54 Å². The highest BCUT2D eigenvalue weighted by Crippen LogP contribution is 2.21. The third-order valence-corrected chi connectivity index (χ3v) is 3.64. The summed E-state index contributed by atoms with van der Waals surface area (Å²) in [6, 6.07) is 10.2. The molecule has 2 N–H and O–H groups in total. The van der Waals surface area contributed by atoms with E-state index >= 15 is 0 Å². The van der Waals surface area contributed by atoms with Gasteiger partial charge in [-0.25, -0.2) is 4.98 Å². The van der Waals surface area contributed by atoms with Crippen molar-refractivity contribution in [1.29, 1.82) is 0 Å². The van der Waals surface area contributed by atoms with Crippen molar-refractivity contribution >= 4 is 41.3 Å². The quantitative estimate of drug-likeness (QED) is 0.446. The van der Waals surface area contributed by atoms with Crippen LogP contribution in [0.25, 0.3) is 11.3 Å². The Morgan fingerprint density at radius 3 is 2.67 bits per heavy atom. The number of halogens is 1. The molecule has 0 saturated carbocycles. The fraction of sp³-hybridized carbons (Fsp3) is 0.333. The van der Waals surface area contributed by atoms with E-state index in [1.807, 2.05) is 18.2 Å². The Bertz CT molecular complexity index is 554. The average molecular weight is 416 g/mol. The number of nitrogens with zero attached hydrogens (tertiary/aromatic N) is 2. The predicted octanol–water partition coefficient (Wildman–Crippen LogP) is 3.50. The van der Waals surface area contributed by atoms with Crippen LogP contribution in [0, 0.1) is 0 Å². The molecule has 2 rings (SSSR count). The van der Waals surface area contributed by atoms with Crippen molar-refractivity contribution in [3.63, 3.8) is 0 Å². The van der Waals surface area contributed by atoms with Crippen LogP contribution in [0.4, 0.5) is 0 Å². The van der Waals surface area contributed by atoms with Crippen molar-refractivity contribution in [1.82, 2.24) is 15.6 Å². The molecule has 21 heavy (non-hydrogen) atoms. The molecule has 0 amide bonds. The second-order valence-corrected chi connectivity index (χ2v) is 5.29. The van der Waals surface area contributed by atoms with Gasteiger partial charge in [-0.05, 0) is 6.42 Å². The van der Waals surface area contributed by atoms with Gasteiger partial charge in [0.15, 0.2) is 5.96 Å². The normalized spacial score (nSPS) is 10.9. The van der Waals surface area contributed by atoms with Crippen LogP contribution in [0.15, 0.2) is 40.7 Å². The molecular formula is C15H21IN4S. The minimum atomic E-state index is 0. The molecule has 6 heteroatoms. The van der Waals surface area contributed by atoms with Gasteiger partial charge in [-0.1, -0.05) is 37.3 Å². The van der Waals surface area contributed by atoms with Crippen LogP contribution in [0.1, 0.15) is 18.4 Å². The smallest absolute Gasteiger partial charge is 0.191 e. The van der Waals surface area contributed by atoms with Crippen LogP contribution in [0.3, 0.4) is 0 Å². The molecule has 0 bridgehead atoms. The number of guanidine groups is 1. The molecule has 0 aliphatic heterocycles. The molecule has 0 unspecified atom stereocenters. The number of hydrogen-bond donors (Lipinski definition) is 2. The third kappa shape index (κ3) is 5.62. The van der Waals surface area contributed by atoms with E-state index in [9.17, 15) is 0 Å². The van der Waals surface area contributed by atoms with E-state index in [0.717, 1.165) is 35.2 Å². The Balaban J connectivity index is 0.00000220. The Kier molecular flexibility index (Phi) is 8.29. The van der Waals surface area contributed by atoms with Crippen LogP contribution in [0.5, 0.6) is 0 Å². The molecule has 1 heterocycles. The number of aromatic nitrogens is 1. The summed E-state index contributed by atoms with van der Waals surface area (Å²) in [7, 11) is 1.78. The molecule has 0 atom stereocenters. The summed E-state index contributed by atoms with van der Waals surface area (Å²) in [6.45, 7) is 3.75. The Morgan fingerprint density at radius 1 is 1.24 bits per heavy atom. The third-order valence-electron chi connectivity index (χ3n) is 2.79. The number of benzene rings is 1. The van der Waals surface area contributed by atoms with E-state index in [1.165, 1.54) is 0 Å². The molecule has 0 aliphatic carbocycles. The lowest BCUT2D eigenvalue weighted by Crippen LogP contribution is -2.37. The van der Waals surface area contributed by atoms with E-state index in [-0.39, 0.29) is 24.0 Å². The fourth-order valence-electron chi connectivity index (χ4n) is 1.76. The first-order valence-electron chi connectivity index (χ1n) is 6.77. The molecule has 1 aromatic heterocycles. The SMILES string of the molecule is CCCNC(=NC)NCc1nc(-c2ccccc2)cs1.I. The zero-order valence-electron chi connectivity index (χ0n) is 12.3. The second kappa shape index (κ2) is 9.73. The Labute approximate surface area is 147 Å². The van der Waals surface area contributed by atoms with E-state index < -0.39 is 0 Å². The molecule has 4 nitrogen and oxygen atoms in total. The van der Waals surface area contributed by atoms with Crippen molar-refractivity contribution < 1.29 is 0 Å². The van der Waals surface area contributed by atoms with Gasteiger partial charge >= 0.3 is 0 Å². The zero-order chi connectivity index (χ0) is 14.2. The van der Waals surface area contributed by atoms with Crippen molar-refractivity contribution in [2.45, 2.75) is 19.9 Å². The molecular weight excluding hydrogens is 395 g/mol. The second-order valence-electron chi connectivity index (χ2n) is 4.35. The van der Waals surface area contributed by atoms with Gasteiger partial charge in [0.2, 0.25) is 0 Å². The number of rotatable bonds is 5. The van der Waals surface area contributed by atoms with Crippen LogP contribution in [0.2, 0.25) is 0 Å². The summed E-state index contributed by atoms with van der Waals surface area (Å²) < 4.78 is 0. The first-order chi connectivity index (χ1) is 9.83. The maximum absolute atomic E-state index is 4.64. The van der Waals surface area contributed by atoms with Gasteiger partial charge in [-0.15, -0.1) is 35.3 Å². The summed E-state index contributed by atoms with van der Waals surface area (Å²) in [5.74, 6) is 0.823. The lowest BCUT2D eigenvalue weighted by atomic mass is 10.2. The van der Waals surface area contributed by atoms with Gasteiger partial charge in [0.25, 0.3) is 0 Å². The summed E-state index contributed by atoms with van der Waals surface area (Å²) in [5, 5.41) is 9.67. The largest absolute Gasteiger partial charge is 0.356 e. The molecule has 1 aromatic carbocycles. The van der Waals surface area contributed by atoms with Gasteiger partial charge in [0, 0.05) is 24.5 Å². The summed E-state index contributed by atoms with van der Waals surface area (Å²) in [6.07, 6.45) is 1.08. The number of hydrogen-bond acceptors (Lipinski definition) is 3. The molecule has 0 spiro atoms. The first-order valence-corrected chi connectivity index (χ1v) is 7.65. The predicted molar refractivity (Wildman–Crippen MR) is 101 cm³/mol. The molecule has 0 fully saturated rings. The summed E-state index contributed by atoms with van der Waals surface area (Å²) in [5.41, 5.74) is 2.19. The molecule has 0 aliphatic rings.